The standard InChI is InChI=1S/C22H25N3OS/c23-22(26)16-18-15-19-20(7-4-8-21(19)27-18)25-13-11-24(12-14-25)10-9-17-5-2-1-3-6-17/h1-8,15H,9-14,16H2,(H2,23,26). The van der Waals surface area contributed by atoms with E-state index in [0.717, 1.165) is 44.0 Å². The van der Waals surface area contributed by atoms with Gasteiger partial charge in [-0.1, -0.05) is 36.4 Å². The summed E-state index contributed by atoms with van der Waals surface area (Å²) in [7, 11) is 0. The molecule has 1 saturated heterocycles. The fraction of sp³-hybridized carbons (Fsp3) is 0.318. The number of thiophene rings is 1. The third kappa shape index (κ3) is 4.31. The second-order valence-electron chi connectivity index (χ2n) is 7.11. The molecule has 2 heterocycles. The van der Waals surface area contributed by atoms with Crippen LogP contribution < -0.4 is 10.6 Å². The lowest BCUT2D eigenvalue weighted by atomic mass is 10.1. The summed E-state index contributed by atoms with van der Waals surface area (Å²) in [6.45, 7) is 5.36. The van der Waals surface area contributed by atoms with Crippen molar-refractivity contribution in [1.82, 2.24) is 4.90 Å². The summed E-state index contributed by atoms with van der Waals surface area (Å²) in [6.07, 6.45) is 1.43. The van der Waals surface area contributed by atoms with Crippen molar-refractivity contribution in [3.63, 3.8) is 0 Å². The molecule has 0 saturated carbocycles. The minimum absolute atomic E-state index is 0.268. The molecule has 4 nitrogen and oxygen atoms in total. The number of carbonyl (C=O) groups excluding carboxylic acids is 1. The lowest BCUT2D eigenvalue weighted by Gasteiger charge is -2.36. The summed E-state index contributed by atoms with van der Waals surface area (Å²) in [5, 5.41) is 1.25. The van der Waals surface area contributed by atoms with Crippen molar-refractivity contribution >= 4 is 33.0 Å². The van der Waals surface area contributed by atoms with Crippen LogP contribution in [0.3, 0.4) is 0 Å². The molecule has 27 heavy (non-hydrogen) atoms. The van der Waals surface area contributed by atoms with Gasteiger partial charge in [0.1, 0.15) is 0 Å². The number of primary amides is 1. The maximum absolute atomic E-state index is 11.2. The Balaban J connectivity index is 1.40. The van der Waals surface area contributed by atoms with Gasteiger partial charge in [-0.25, -0.2) is 0 Å². The number of anilines is 1. The van der Waals surface area contributed by atoms with Crippen molar-refractivity contribution in [2.45, 2.75) is 12.8 Å². The van der Waals surface area contributed by atoms with Crippen LogP contribution in [0.5, 0.6) is 0 Å². The maximum atomic E-state index is 11.2. The van der Waals surface area contributed by atoms with E-state index in [4.69, 9.17) is 5.73 Å². The Morgan fingerprint density at radius 1 is 1.00 bits per heavy atom. The Bertz CT molecular complexity index is 914. The SMILES string of the molecule is NC(=O)Cc1cc2c(N3CCN(CCc4ccccc4)CC3)cccc2s1. The average Bonchev–Trinajstić information content (AvgIpc) is 3.09. The van der Waals surface area contributed by atoms with Crippen molar-refractivity contribution in [2.24, 2.45) is 5.73 Å². The van der Waals surface area contributed by atoms with Crippen LogP contribution in [-0.4, -0.2) is 43.5 Å². The van der Waals surface area contributed by atoms with Gasteiger partial charge in [0.25, 0.3) is 0 Å². The van der Waals surface area contributed by atoms with Gasteiger partial charge in [0.15, 0.2) is 0 Å². The van der Waals surface area contributed by atoms with Gasteiger partial charge < -0.3 is 10.6 Å². The predicted molar refractivity (Wildman–Crippen MR) is 114 cm³/mol. The van der Waals surface area contributed by atoms with Crippen molar-refractivity contribution < 1.29 is 4.79 Å². The zero-order valence-electron chi connectivity index (χ0n) is 15.4. The van der Waals surface area contributed by atoms with Crippen LogP contribution in [0.1, 0.15) is 10.4 Å². The third-order valence-electron chi connectivity index (χ3n) is 5.21. The number of piperazine rings is 1. The topological polar surface area (TPSA) is 49.6 Å². The molecule has 2 N–H and O–H groups in total. The van der Waals surface area contributed by atoms with E-state index in [0.29, 0.717) is 6.42 Å². The molecule has 0 spiro atoms. The monoisotopic (exact) mass is 379 g/mol. The van der Waals surface area contributed by atoms with E-state index >= 15 is 0 Å². The fourth-order valence-electron chi connectivity index (χ4n) is 3.78. The van der Waals surface area contributed by atoms with E-state index in [1.165, 1.54) is 21.3 Å². The highest BCUT2D eigenvalue weighted by Gasteiger charge is 2.19. The summed E-state index contributed by atoms with van der Waals surface area (Å²) >= 11 is 1.67. The first-order valence-electron chi connectivity index (χ1n) is 9.50. The van der Waals surface area contributed by atoms with Gasteiger partial charge in [-0.2, -0.15) is 0 Å². The fourth-order valence-corrected chi connectivity index (χ4v) is 4.87. The summed E-state index contributed by atoms with van der Waals surface area (Å²) in [4.78, 5) is 17.3. The molecule has 0 bridgehead atoms. The molecule has 0 aliphatic carbocycles. The second kappa shape index (κ2) is 8.11. The number of nitrogens with zero attached hydrogens (tertiary/aromatic N) is 2. The summed E-state index contributed by atoms with van der Waals surface area (Å²) in [5.74, 6) is -0.268. The maximum Gasteiger partial charge on any atom is 0.222 e. The van der Waals surface area contributed by atoms with Gasteiger partial charge in [-0.15, -0.1) is 11.3 Å². The third-order valence-corrected chi connectivity index (χ3v) is 6.31. The molecule has 0 radical (unpaired) electrons. The van der Waals surface area contributed by atoms with Crippen molar-refractivity contribution in [2.75, 3.05) is 37.6 Å². The molecule has 5 heteroatoms. The lowest BCUT2D eigenvalue weighted by Crippen LogP contribution is -2.47. The normalized spacial score (nSPS) is 15.3. The van der Waals surface area contributed by atoms with Crippen LogP contribution in [0.25, 0.3) is 10.1 Å². The highest BCUT2D eigenvalue weighted by atomic mass is 32.1. The van der Waals surface area contributed by atoms with Gasteiger partial charge in [-0.3, -0.25) is 9.69 Å². The van der Waals surface area contributed by atoms with Gasteiger partial charge in [-0.05, 0) is 30.2 Å². The first-order chi connectivity index (χ1) is 13.2. The number of amides is 1. The Hall–Kier alpha value is -2.37. The molecule has 1 aliphatic rings. The van der Waals surface area contributed by atoms with Crippen LogP contribution in [-0.2, 0) is 17.6 Å². The first kappa shape index (κ1) is 18.0. The quantitative estimate of drug-likeness (QED) is 0.715. The molecule has 1 aliphatic heterocycles. The van der Waals surface area contributed by atoms with Crippen LogP contribution >= 0.6 is 11.3 Å². The number of nitrogens with two attached hydrogens (primary N) is 1. The van der Waals surface area contributed by atoms with Gasteiger partial charge in [0, 0.05) is 53.4 Å². The van der Waals surface area contributed by atoms with Crippen LogP contribution in [0.15, 0.2) is 54.6 Å². The van der Waals surface area contributed by atoms with Crippen molar-refractivity contribution in [3.8, 4) is 0 Å². The zero-order chi connectivity index (χ0) is 18.6. The Kier molecular flexibility index (Phi) is 5.41. The highest BCUT2D eigenvalue weighted by Crippen LogP contribution is 2.34. The summed E-state index contributed by atoms with van der Waals surface area (Å²) in [6, 6.07) is 19.3. The Labute approximate surface area is 164 Å². The largest absolute Gasteiger partial charge is 0.369 e. The average molecular weight is 380 g/mol. The number of hydrogen-bond acceptors (Lipinski definition) is 4. The first-order valence-corrected chi connectivity index (χ1v) is 10.3. The number of hydrogen-bond donors (Lipinski definition) is 1. The van der Waals surface area contributed by atoms with Crippen LogP contribution in [0.4, 0.5) is 5.69 Å². The minimum atomic E-state index is -0.268. The van der Waals surface area contributed by atoms with Crippen LogP contribution in [0.2, 0.25) is 0 Å². The van der Waals surface area contributed by atoms with E-state index in [2.05, 4.69) is 64.4 Å². The summed E-state index contributed by atoms with van der Waals surface area (Å²) < 4.78 is 1.23. The molecule has 0 atom stereocenters. The lowest BCUT2D eigenvalue weighted by molar-refractivity contribution is -0.117. The van der Waals surface area contributed by atoms with E-state index in [-0.39, 0.29) is 5.91 Å². The number of carbonyl (C=O) groups is 1. The molecular weight excluding hydrogens is 354 g/mol. The van der Waals surface area contributed by atoms with Crippen molar-refractivity contribution in [3.05, 3.63) is 65.0 Å². The second-order valence-corrected chi connectivity index (χ2v) is 8.28. The Morgan fingerprint density at radius 3 is 2.52 bits per heavy atom. The van der Waals surface area contributed by atoms with Gasteiger partial charge >= 0.3 is 0 Å². The van der Waals surface area contributed by atoms with Crippen molar-refractivity contribution in [1.29, 1.82) is 0 Å². The smallest absolute Gasteiger partial charge is 0.222 e. The van der Waals surface area contributed by atoms with E-state index < -0.39 is 0 Å². The van der Waals surface area contributed by atoms with Gasteiger partial charge in [0.05, 0.1) is 6.42 Å². The molecule has 0 unspecified atom stereocenters. The number of fused-ring (bicyclic) bond motifs is 1. The molecule has 140 valence electrons. The molecule has 1 amide bonds. The molecule has 2 aromatic carbocycles. The van der Waals surface area contributed by atoms with E-state index in [9.17, 15) is 4.79 Å². The molecule has 4 rings (SSSR count). The Morgan fingerprint density at radius 2 is 1.78 bits per heavy atom. The van der Waals surface area contributed by atoms with Crippen LogP contribution in [0, 0.1) is 0 Å². The number of rotatable bonds is 6. The van der Waals surface area contributed by atoms with E-state index in [1.54, 1.807) is 11.3 Å². The molecule has 1 aromatic heterocycles. The van der Waals surface area contributed by atoms with E-state index in [1.807, 2.05) is 0 Å². The predicted octanol–water partition coefficient (Wildman–Crippen LogP) is 3.29. The summed E-state index contributed by atoms with van der Waals surface area (Å²) in [5.41, 5.74) is 8.05. The molecular formula is C22H25N3OS. The molecule has 3 aromatic rings. The zero-order valence-corrected chi connectivity index (χ0v) is 16.3. The minimum Gasteiger partial charge on any atom is -0.369 e. The molecule has 1 fully saturated rings. The van der Waals surface area contributed by atoms with Gasteiger partial charge in [0.2, 0.25) is 5.91 Å². The highest BCUT2D eigenvalue weighted by molar-refractivity contribution is 7.19. The number of benzene rings is 2.